The van der Waals surface area contributed by atoms with Crippen LogP contribution in [0.3, 0.4) is 0 Å². The fourth-order valence-corrected chi connectivity index (χ4v) is 1.79. The van der Waals surface area contributed by atoms with Crippen molar-refractivity contribution >= 4 is 0 Å². The Morgan fingerprint density at radius 3 is 2.57 bits per heavy atom. The Morgan fingerprint density at radius 1 is 1.43 bits per heavy atom. The summed E-state index contributed by atoms with van der Waals surface area (Å²) in [7, 11) is 0. The highest BCUT2D eigenvalue weighted by Gasteiger charge is 2.36. The monoisotopic (exact) mass is 211 g/mol. The number of alkyl halides is 3. The molecule has 0 aromatic heterocycles. The zero-order chi connectivity index (χ0) is 10.8. The Balaban J connectivity index is 2.54. The molecule has 1 aliphatic heterocycles. The zero-order valence-electron chi connectivity index (χ0n) is 8.47. The summed E-state index contributed by atoms with van der Waals surface area (Å²) in [5.74, 6) is 0. The van der Waals surface area contributed by atoms with E-state index < -0.39 is 18.6 Å². The summed E-state index contributed by atoms with van der Waals surface area (Å²) < 4.78 is 41.7. The summed E-state index contributed by atoms with van der Waals surface area (Å²) in [6, 6.07) is -0.366. The van der Waals surface area contributed by atoms with Gasteiger partial charge in [0.1, 0.15) is 0 Å². The van der Waals surface area contributed by atoms with Crippen LogP contribution in [0.5, 0.6) is 0 Å². The summed E-state index contributed by atoms with van der Waals surface area (Å²) in [6.45, 7) is 5.14. The maximum Gasteiger partial charge on any atom is 0.390 e. The van der Waals surface area contributed by atoms with Crippen LogP contribution in [0.2, 0.25) is 0 Å². The Bertz CT molecular complexity index is 181. The average Bonchev–Trinajstić information content (AvgIpc) is 2.01. The molecule has 0 unspecified atom stereocenters. The fraction of sp³-hybridized carbons (Fsp3) is 1.00. The molecule has 0 radical (unpaired) electrons. The Hall–Kier alpha value is -0.290. The van der Waals surface area contributed by atoms with Crippen LogP contribution < -0.4 is 0 Å². The van der Waals surface area contributed by atoms with E-state index in [1.165, 1.54) is 0 Å². The predicted octanol–water partition coefficient (Wildman–Crippen LogP) is 2.05. The van der Waals surface area contributed by atoms with Crippen molar-refractivity contribution in [1.82, 2.24) is 4.90 Å². The van der Waals surface area contributed by atoms with Crippen molar-refractivity contribution in [3.63, 3.8) is 0 Å². The van der Waals surface area contributed by atoms with Crippen molar-refractivity contribution in [1.29, 1.82) is 0 Å². The van der Waals surface area contributed by atoms with E-state index in [9.17, 15) is 13.2 Å². The van der Waals surface area contributed by atoms with E-state index >= 15 is 0 Å². The highest BCUT2D eigenvalue weighted by molar-refractivity contribution is 4.80. The number of hydrogen-bond donors (Lipinski definition) is 0. The molecule has 1 rings (SSSR count). The number of ether oxygens (including phenoxy) is 1. The van der Waals surface area contributed by atoms with Gasteiger partial charge in [-0.25, -0.2) is 0 Å². The third-order valence-corrected chi connectivity index (χ3v) is 2.40. The first-order valence-corrected chi connectivity index (χ1v) is 4.80. The summed E-state index contributed by atoms with van der Waals surface area (Å²) in [5, 5.41) is 0. The quantitative estimate of drug-likeness (QED) is 0.693. The molecule has 0 spiro atoms. The Kier molecular flexibility index (Phi) is 3.78. The summed E-state index contributed by atoms with van der Waals surface area (Å²) in [6.07, 6.45) is -4.87. The van der Waals surface area contributed by atoms with E-state index in [1.807, 2.05) is 18.7 Å². The minimum Gasteiger partial charge on any atom is -0.378 e. The van der Waals surface area contributed by atoms with E-state index in [4.69, 9.17) is 4.74 Å². The number of rotatable bonds is 2. The van der Waals surface area contributed by atoms with Crippen LogP contribution in [0.4, 0.5) is 13.2 Å². The molecule has 0 aliphatic carbocycles. The maximum absolute atomic E-state index is 12.2. The van der Waals surface area contributed by atoms with Crippen molar-refractivity contribution in [2.75, 3.05) is 19.8 Å². The lowest BCUT2D eigenvalue weighted by Crippen LogP contribution is -2.50. The summed E-state index contributed by atoms with van der Waals surface area (Å²) >= 11 is 0. The van der Waals surface area contributed by atoms with E-state index in [0.717, 1.165) is 0 Å². The molecular weight excluding hydrogens is 195 g/mol. The van der Waals surface area contributed by atoms with Gasteiger partial charge in [0, 0.05) is 18.6 Å². The number of morpholine rings is 1. The van der Waals surface area contributed by atoms with Gasteiger partial charge in [-0.2, -0.15) is 13.2 Å². The molecule has 0 N–H and O–H groups in total. The number of hydrogen-bond acceptors (Lipinski definition) is 2. The molecule has 14 heavy (non-hydrogen) atoms. The predicted molar refractivity (Wildman–Crippen MR) is 47.1 cm³/mol. The van der Waals surface area contributed by atoms with Gasteiger partial charge in [0.05, 0.1) is 19.6 Å². The molecule has 84 valence electrons. The van der Waals surface area contributed by atoms with Crippen LogP contribution in [0.15, 0.2) is 0 Å². The van der Waals surface area contributed by atoms with Crippen LogP contribution in [-0.2, 0) is 4.74 Å². The molecule has 5 heteroatoms. The van der Waals surface area contributed by atoms with Crippen molar-refractivity contribution in [3.05, 3.63) is 0 Å². The Morgan fingerprint density at radius 2 is 2.07 bits per heavy atom. The smallest absolute Gasteiger partial charge is 0.378 e. The average molecular weight is 211 g/mol. The lowest BCUT2D eigenvalue weighted by molar-refractivity contribution is -0.161. The molecule has 1 heterocycles. The minimum absolute atomic E-state index is 0.145. The second kappa shape index (κ2) is 4.49. The van der Waals surface area contributed by atoms with Crippen LogP contribution in [-0.4, -0.2) is 42.9 Å². The normalized spacial score (nSPS) is 25.7. The van der Waals surface area contributed by atoms with Crippen molar-refractivity contribution in [3.8, 4) is 0 Å². The third-order valence-electron chi connectivity index (χ3n) is 2.40. The molecule has 0 bridgehead atoms. The molecule has 1 fully saturated rings. The molecule has 1 saturated heterocycles. The largest absolute Gasteiger partial charge is 0.390 e. The van der Waals surface area contributed by atoms with E-state index in [2.05, 4.69) is 0 Å². The van der Waals surface area contributed by atoms with Gasteiger partial charge in [0.25, 0.3) is 0 Å². The maximum atomic E-state index is 12.2. The zero-order valence-corrected chi connectivity index (χ0v) is 8.47. The molecule has 1 atom stereocenters. The highest BCUT2D eigenvalue weighted by Crippen LogP contribution is 2.26. The van der Waals surface area contributed by atoms with Gasteiger partial charge in [0.15, 0.2) is 0 Å². The van der Waals surface area contributed by atoms with Crippen molar-refractivity contribution < 1.29 is 17.9 Å². The van der Waals surface area contributed by atoms with E-state index in [1.54, 1.807) is 0 Å². The SMILES string of the molecule is CC(C)N1CCOC[C@H]1CC(F)(F)F. The van der Waals surface area contributed by atoms with E-state index in [0.29, 0.717) is 13.2 Å². The third kappa shape index (κ3) is 3.46. The fourth-order valence-electron chi connectivity index (χ4n) is 1.79. The van der Waals surface area contributed by atoms with Gasteiger partial charge in [-0.05, 0) is 13.8 Å². The molecule has 0 aromatic carbocycles. The van der Waals surface area contributed by atoms with Gasteiger partial charge in [-0.3, -0.25) is 4.90 Å². The number of nitrogens with zero attached hydrogens (tertiary/aromatic N) is 1. The minimum atomic E-state index is -4.10. The summed E-state index contributed by atoms with van der Waals surface area (Å²) in [4.78, 5) is 1.86. The Labute approximate surface area is 82.0 Å². The molecule has 2 nitrogen and oxygen atoms in total. The first-order chi connectivity index (χ1) is 6.40. The van der Waals surface area contributed by atoms with Crippen molar-refractivity contribution in [2.24, 2.45) is 0 Å². The van der Waals surface area contributed by atoms with Gasteiger partial charge >= 0.3 is 6.18 Å². The van der Waals surface area contributed by atoms with Gasteiger partial charge in [0.2, 0.25) is 0 Å². The summed E-state index contributed by atoms with van der Waals surface area (Å²) in [5.41, 5.74) is 0. The van der Waals surface area contributed by atoms with Crippen LogP contribution in [0, 0.1) is 0 Å². The molecule has 0 saturated carbocycles. The van der Waals surface area contributed by atoms with Gasteiger partial charge < -0.3 is 4.74 Å². The van der Waals surface area contributed by atoms with Crippen LogP contribution in [0.25, 0.3) is 0 Å². The van der Waals surface area contributed by atoms with E-state index in [-0.39, 0.29) is 12.6 Å². The van der Waals surface area contributed by atoms with Crippen LogP contribution in [0.1, 0.15) is 20.3 Å². The highest BCUT2D eigenvalue weighted by atomic mass is 19.4. The van der Waals surface area contributed by atoms with Gasteiger partial charge in [-0.15, -0.1) is 0 Å². The lowest BCUT2D eigenvalue weighted by atomic mass is 10.1. The second-order valence-electron chi connectivity index (χ2n) is 3.88. The molecule has 0 aromatic rings. The lowest BCUT2D eigenvalue weighted by Gasteiger charge is -2.38. The first-order valence-electron chi connectivity index (χ1n) is 4.80. The number of halogens is 3. The van der Waals surface area contributed by atoms with Gasteiger partial charge in [-0.1, -0.05) is 0 Å². The molecule has 0 amide bonds. The standard InChI is InChI=1S/C9H16F3NO/c1-7(2)13-3-4-14-6-8(13)5-9(10,11)12/h7-8H,3-6H2,1-2H3/t8-/m1/s1. The van der Waals surface area contributed by atoms with Crippen LogP contribution >= 0.6 is 0 Å². The second-order valence-corrected chi connectivity index (χ2v) is 3.88. The first kappa shape index (κ1) is 11.8. The molecular formula is C9H16F3NO. The topological polar surface area (TPSA) is 12.5 Å². The molecule has 1 aliphatic rings. The van der Waals surface area contributed by atoms with Crippen molar-refractivity contribution in [2.45, 2.75) is 38.5 Å².